The number of benzene rings is 3. The fourth-order valence-corrected chi connectivity index (χ4v) is 4.32. The van der Waals surface area contributed by atoms with Gasteiger partial charge in [0.2, 0.25) is 12.2 Å². The van der Waals surface area contributed by atoms with E-state index in [0.717, 1.165) is 54.6 Å². The van der Waals surface area contributed by atoms with Gasteiger partial charge in [-0.3, -0.25) is 4.79 Å². The molecule has 0 unspecified atom stereocenters. The number of hydrogen-bond acceptors (Lipinski definition) is 16. The van der Waals surface area contributed by atoms with Gasteiger partial charge >= 0.3 is 35.8 Å². The summed E-state index contributed by atoms with van der Waals surface area (Å²) >= 11 is 0. The molecule has 0 fully saturated rings. The number of aromatic hydroxyl groups is 6. The summed E-state index contributed by atoms with van der Waals surface area (Å²) in [6.07, 6.45) is -5.47. The van der Waals surface area contributed by atoms with Gasteiger partial charge in [-0.05, 0) is 71.3 Å². The molecule has 18 heteroatoms. The van der Waals surface area contributed by atoms with Crippen LogP contribution >= 0.6 is 0 Å². The Balaban J connectivity index is 2.12. The van der Waals surface area contributed by atoms with E-state index in [9.17, 15) is 69.6 Å². The lowest BCUT2D eigenvalue weighted by Crippen LogP contribution is -2.56. The third-order valence-corrected chi connectivity index (χ3v) is 7.10. The van der Waals surface area contributed by atoms with Gasteiger partial charge in [0.05, 0.1) is 5.92 Å². The highest BCUT2D eigenvalue weighted by Gasteiger charge is 2.50. The van der Waals surface area contributed by atoms with Crippen molar-refractivity contribution in [3.63, 3.8) is 0 Å². The second kappa shape index (κ2) is 18.8. The van der Waals surface area contributed by atoms with E-state index in [1.807, 2.05) is 0 Å². The first-order valence-electron chi connectivity index (χ1n) is 15.7. The van der Waals surface area contributed by atoms with Crippen molar-refractivity contribution in [2.45, 2.75) is 38.3 Å². The van der Waals surface area contributed by atoms with Crippen LogP contribution in [0.25, 0.3) is 18.2 Å². The van der Waals surface area contributed by atoms with E-state index < -0.39 is 101 Å². The van der Waals surface area contributed by atoms with E-state index in [1.54, 1.807) is 0 Å². The Bertz CT molecular complexity index is 2030. The summed E-state index contributed by atoms with van der Waals surface area (Å²) in [4.78, 5) is 77.1. The lowest BCUT2D eigenvalue weighted by atomic mass is 10.0. The van der Waals surface area contributed by atoms with Crippen molar-refractivity contribution in [3.05, 3.63) is 89.5 Å². The molecule has 3 aromatic rings. The average Bonchev–Trinajstić information content (AvgIpc) is 3.12. The van der Waals surface area contributed by atoms with Crippen LogP contribution in [0.1, 0.15) is 30.5 Å². The van der Waals surface area contributed by atoms with Gasteiger partial charge in [-0.1, -0.05) is 32.0 Å². The molecule has 0 spiro atoms. The molecule has 0 saturated carbocycles. The largest absolute Gasteiger partial charge is 0.504 e. The summed E-state index contributed by atoms with van der Waals surface area (Å²) < 4.78 is 20.6. The minimum Gasteiger partial charge on any atom is -0.504 e. The van der Waals surface area contributed by atoms with E-state index in [1.165, 1.54) is 32.0 Å². The Morgan fingerprint density at radius 2 is 0.782 bits per heavy atom. The number of carboxylic acid groups (broad SMARTS) is 2. The SMILES string of the molecule is CC(C)C(=O)O[C@H](C(=O)O)[C@H](OC(=O)/C=C/c1ccc(O)c(O)c1)[C@@H](OC(=O)/C=C/c1ccc(O)c(O)c1)[C@@H](OC(=O)/C=C/c1ccc(O)c(O)c1)C(=O)O. The quantitative estimate of drug-likeness (QED) is 0.0450. The van der Waals surface area contributed by atoms with Crippen molar-refractivity contribution in [2.24, 2.45) is 5.92 Å². The van der Waals surface area contributed by atoms with Crippen LogP contribution in [0.2, 0.25) is 0 Å². The summed E-state index contributed by atoms with van der Waals surface area (Å²) in [5.41, 5.74) is 0.307. The first-order valence-corrected chi connectivity index (χ1v) is 15.7. The molecular weight excluding hydrogens is 732 g/mol. The van der Waals surface area contributed by atoms with E-state index >= 15 is 0 Å². The molecule has 3 rings (SSSR count). The number of rotatable bonds is 16. The molecule has 290 valence electrons. The molecule has 18 nitrogen and oxygen atoms in total. The summed E-state index contributed by atoms with van der Waals surface area (Å²) in [6.45, 7) is 2.62. The van der Waals surface area contributed by atoms with Crippen molar-refractivity contribution < 1.29 is 88.6 Å². The molecule has 0 aliphatic heterocycles. The van der Waals surface area contributed by atoms with Crippen LogP contribution in [0.3, 0.4) is 0 Å². The highest BCUT2D eigenvalue weighted by molar-refractivity contribution is 5.91. The number of esters is 4. The topological polar surface area (TPSA) is 301 Å². The summed E-state index contributed by atoms with van der Waals surface area (Å²) in [6, 6.07) is 10.0. The number of carbonyl (C=O) groups is 6. The van der Waals surface area contributed by atoms with Gasteiger partial charge in [-0.25, -0.2) is 24.0 Å². The predicted octanol–water partition coefficient (Wildman–Crippen LogP) is 2.83. The van der Waals surface area contributed by atoms with Crippen LogP contribution in [0.15, 0.2) is 72.8 Å². The lowest BCUT2D eigenvalue weighted by Gasteiger charge is -2.32. The second-order valence-electron chi connectivity index (χ2n) is 11.6. The van der Waals surface area contributed by atoms with E-state index in [4.69, 9.17) is 18.9 Å². The van der Waals surface area contributed by atoms with Crippen molar-refractivity contribution in [1.82, 2.24) is 0 Å². The maximum absolute atomic E-state index is 13.2. The molecule has 8 N–H and O–H groups in total. The standard InChI is InChI=1S/C37H34O18/c1-18(2)37(51)55-34(36(49)50)32(53-29(45)13-7-20-4-10-23(39)26(42)16-20)31(52-28(44)12-6-19-3-9-22(38)25(41)15-19)33(35(47)48)54-30(46)14-8-21-5-11-24(40)27(43)17-21/h3-18,31-34,38-43H,1-2H3,(H,47,48)(H,49,50)/b12-6+,13-7+,14-8+/t31-,32-,33-,34+/m1/s1. The first-order chi connectivity index (χ1) is 25.9. The Morgan fingerprint density at radius 3 is 1.07 bits per heavy atom. The Hall–Kier alpha value is -7.50. The Morgan fingerprint density at radius 1 is 0.473 bits per heavy atom. The van der Waals surface area contributed by atoms with E-state index in [0.29, 0.717) is 18.2 Å². The lowest BCUT2D eigenvalue weighted by molar-refractivity contribution is -0.205. The number of carbonyl (C=O) groups excluding carboxylic acids is 4. The normalized spacial score (nSPS) is 13.6. The third kappa shape index (κ3) is 12.3. The zero-order valence-electron chi connectivity index (χ0n) is 28.7. The predicted molar refractivity (Wildman–Crippen MR) is 186 cm³/mol. The molecule has 0 bridgehead atoms. The van der Waals surface area contributed by atoms with Gasteiger partial charge in [-0.2, -0.15) is 0 Å². The van der Waals surface area contributed by atoms with Gasteiger partial charge in [-0.15, -0.1) is 0 Å². The number of aliphatic carboxylic acids is 2. The summed E-state index contributed by atoms with van der Waals surface area (Å²) in [5.74, 6) is -13.9. The van der Waals surface area contributed by atoms with Crippen LogP contribution in [-0.4, -0.2) is 101 Å². The maximum Gasteiger partial charge on any atom is 0.349 e. The van der Waals surface area contributed by atoms with Crippen LogP contribution in [0.5, 0.6) is 34.5 Å². The van der Waals surface area contributed by atoms with Crippen LogP contribution < -0.4 is 0 Å². The van der Waals surface area contributed by atoms with Gasteiger partial charge in [0, 0.05) is 18.2 Å². The van der Waals surface area contributed by atoms with E-state index in [-0.39, 0.29) is 16.7 Å². The molecule has 0 saturated heterocycles. The highest BCUT2D eigenvalue weighted by atomic mass is 16.6. The summed E-state index contributed by atoms with van der Waals surface area (Å²) in [7, 11) is 0. The molecule has 3 aromatic carbocycles. The fraction of sp³-hybridized carbons (Fsp3) is 0.189. The Kier molecular flexibility index (Phi) is 14.4. The van der Waals surface area contributed by atoms with Crippen LogP contribution in [0.4, 0.5) is 0 Å². The minimum absolute atomic E-state index is 0.0954. The number of hydrogen-bond donors (Lipinski definition) is 8. The monoisotopic (exact) mass is 766 g/mol. The maximum atomic E-state index is 13.2. The molecular formula is C37H34O18. The fourth-order valence-electron chi connectivity index (χ4n) is 4.32. The van der Waals surface area contributed by atoms with Gasteiger partial charge in [0.1, 0.15) is 0 Å². The number of phenolic OH excluding ortho intramolecular Hbond substituents is 6. The zero-order valence-corrected chi connectivity index (χ0v) is 28.7. The molecule has 0 aromatic heterocycles. The van der Waals surface area contributed by atoms with E-state index in [2.05, 4.69) is 0 Å². The zero-order chi connectivity index (χ0) is 41.0. The van der Waals surface area contributed by atoms with Crippen molar-refractivity contribution in [2.75, 3.05) is 0 Å². The molecule has 0 radical (unpaired) electrons. The molecule has 0 amide bonds. The molecule has 0 aliphatic carbocycles. The van der Waals surface area contributed by atoms with Crippen molar-refractivity contribution in [3.8, 4) is 34.5 Å². The highest BCUT2D eigenvalue weighted by Crippen LogP contribution is 2.28. The number of ether oxygens (including phenoxy) is 4. The third-order valence-electron chi connectivity index (χ3n) is 7.10. The molecule has 0 aliphatic rings. The van der Waals surface area contributed by atoms with Gasteiger partial charge in [0.25, 0.3) is 0 Å². The average molecular weight is 767 g/mol. The molecule has 4 atom stereocenters. The first kappa shape index (κ1) is 41.9. The smallest absolute Gasteiger partial charge is 0.349 e. The molecule has 55 heavy (non-hydrogen) atoms. The number of carboxylic acids is 2. The van der Waals surface area contributed by atoms with Crippen LogP contribution in [-0.2, 0) is 47.7 Å². The Labute approximate surface area is 310 Å². The van der Waals surface area contributed by atoms with Crippen molar-refractivity contribution >= 4 is 54.0 Å². The van der Waals surface area contributed by atoms with Crippen LogP contribution in [0, 0.1) is 5.92 Å². The van der Waals surface area contributed by atoms with Gasteiger partial charge < -0.3 is 59.8 Å². The second-order valence-corrected chi connectivity index (χ2v) is 11.6. The van der Waals surface area contributed by atoms with Crippen molar-refractivity contribution in [1.29, 1.82) is 0 Å². The molecule has 0 heterocycles. The number of phenols is 6. The minimum atomic E-state index is -2.70. The summed E-state index contributed by atoms with van der Waals surface area (Å²) in [5, 5.41) is 78.3. The van der Waals surface area contributed by atoms with Gasteiger partial charge in [0.15, 0.2) is 46.7 Å².